The van der Waals surface area contributed by atoms with E-state index in [1.165, 1.54) is 10.4 Å². The van der Waals surface area contributed by atoms with E-state index in [1.54, 1.807) is 0 Å². The van der Waals surface area contributed by atoms with Crippen LogP contribution in [0.25, 0.3) is 0 Å². The molecule has 1 N–H and O–H groups in total. The summed E-state index contributed by atoms with van der Waals surface area (Å²) in [4.78, 5) is 12.1. The Labute approximate surface area is 189 Å². The number of rotatable bonds is 8. The second-order valence-electron chi connectivity index (χ2n) is 10.8. The van der Waals surface area contributed by atoms with Crippen molar-refractivity contribution in [1.29, 1.82) is 0 Å². The lowest BCUT2D eigenvalue weighted by molar-refractivity contribution is 0.0877. The second-order valence-corrected chi connectivity index (χ2v) is 20.7. The van der Waals surface area contributed by atoms with Gasteiger partial charge in [0.1, 0.15) is 6.10 Å². The lowest BCUT2D eigenvalue weighted by atomic mass is 10.1. The maximum atomic E-state index is 12.1. The standard InChI is InChI=1S/C25H37NO3Si2/c1-25(2,3)31(20-13-9-7-10-14-20,21-15-11-8-12-16-21)28-19-23-22(26-24(27)29-23)17-18-30(4,5)6/h7-16,22-23H,17-19H2,1-6H3,(H,26,27)/t22-,23-/m1/s1. The van der Waals surface area contributed by atoms with Gasteiger partial charge >= 0.3 is 6.09 Å². The number of benzene rings is 2. The van der Waals surface area contributed by atoms with Crippen LogP contribution in [0, 0.1) is 0 Å². The van der Waals surface area contributed by atoms with Crippen molar-refractivity contribution in [3.8, 4) is 0 Å². The largest absolute Gasteiger partial charge is 0.442 e. The van der Waals surface area contributed by atoms with Gasteiger partial charge in [-0.05, 0) is 21.8 Å². The monoisotopic (exact) mass is 455 g/mol. The average molecular weight is 456 g/mol. The summed E-state index contributed by atoms with van der Waals surface area (Å²) in [6, 6.07) is 22.3. The van der Waals surface area contributed by atoms with Crippen LogP contribution in [0.5, 0.6) is 0 Å². The summed E-state index contributed by atoms with van der Waals surface area (Å²) in [7, 11) is -3.85. The Hall–Kier alpha value is -1.90. The number of carbonyl (C=O) groups excluding carboxylic acids is 1. The first-order valence-electron chi connectivity index (χ1n) is 11.3. The molecule has 1 saturated heterocycles. The Bertz CT molecular complexity index is 820. The topological polar surface area (TPSA) is 47.6 Å². The molecule has 168 valence electrons. The molecule has 0 unspecified atom stereocenters. The lowest BCUT2D eigenvalue weighted by Gasteiger charge is -2.43. The molecule has 6 heteroatoms. The van der Waals surface area contributed by atoms with E-state index >= 15 is 0 Å². The fourth-order valence-electron chi connectivity index (χ4n) is 4.46. The highest BCUT2D eigenvalue weighted by molar-refractivity contribution is 6.99. The molecule has 1 fully saturated rings. The summed E-state index contributed by atoms with van der Waals surface area (Å²) >= 11 is 0. The van der Waals surface area contributed by atoms with Crippen molar-refractivity contribution >= 4 is 32.9 Å². The predicted molar refractivity (Wildman–Crippen MR) is 134 cm³/mol. The van der Waals surface area contributed by atoms with Gasteiger partial charge in [-0.1, -0.05) is 107 Å². The first-order chi connectivity index (χ1) is 14.5. The maximum absolute atomic E-state index is 12.1. The third-order valence-corrected chi connectivity index (χ3v) is 12.9. The van der Waals surface area contributed by atoms with Crippen molar-refractivity contribution in [1.82, 2.24) is 5.32 Å². The van der Waals surface area contributed by atoms with E-state index in [-0.39, 0.29) is 23.3 Å². The van der Waals surface area contributed by atoms with E-state index in [1.807, 2.05) is 12.1 Å². The summed E-state index contributed by atoms with van der Waals surface area (Å²) in [5.41, 5.74) is 0. The molecule has 0 bridgehead atoms. The van der Waals surface area contributed by atoms with Gasteiger partial charge in [0.25, 0.3) is 8.32 Å². The number of nitrogens with one attached hydrogen (secondary N) is 1. The molecule has 0 saturated carbocycles. The molecule has 1 aliphatic rings. The predicted octanol–water partition coefficient (Wildman–Crippen LogP) is 4.77. The van der Waals surface area contributed by atoms with Gasteiger partial charge in [-0.25, -0.2) is 4.79 Å². The molecule has 1 heterocycles. The molecule has 31 heavy (non-hydrogen) atoms. The molecule has 1 aliphatic heterocycles. The van der Waals surface area contributed by atoms with Crippen molar-refractivity contribution in [2.45, 2.75) is 70.1 Å². The quantitative estimate of drug-likeness (QED) is 0.583. The lowest BCUT2D eigenvalue weighted by Crippen LogP contribution is -2.67. The van der Waals surface area contributed by atoms with Crippen LogP contribution in [0.1, 0.15) is 27.2 Å². The Morgan fingerprint density at radius 3 is 1.90 bits per heavy atom. The summed E-state index contributed by atoms with van der Waals surface area (Å²) in [5.74, 6) is 0. The summed E-state index contributed by atoms with van der Waals surface area (Å²) < 4.78 is 12.7. The number of cyclic esters (lactones) is 1. The molecule has 4 nitrogen and oxygen atoms in total. The minimum absolute atomic E-state index is 0.0115. The van der Waals surface area contributed by atoms with Gasteiger partial charge in [0.2, 0.25) is 0 Å². The molecule has 0 aromatic heterocycles. The number of hydrogen-bond donors (Lipinski definition) is 1. The second kappa shape index (κ2) is 9.30. The molecule has 0 radical (unpaired) electrons. The van der Waals surface area contributed by atoms with Gasteiger partial charge < -0.3 is 14.5 Å². The third kappa shape index (κ3) is 5.48. The third-order valence-electron chi connectivity index (χ3n) is 6.10. The number of ether oxygens (including phenoxy) is 1. The van der Waals surface area contributed by atoms with E-state index in [0.717, 1.165) is 12.5 Å². The first-order valence-corrected chi connectivity index (χ1v) is 16.9. The minimum atomic E-state index is -2.64. The van der Waals surface area contributed by atoms with Crippen LogP contribution in [0.4, 0.5) is 4.79 Å². The maximum Gasteiger partial charge on any atom is 0.407 e. The van der Waals surface area contributed by atoms with E-state index in [4.69, 9.17) is 9.16 Å². The molecule has 2 aromatic carbocycles. The Morgan fingerprint density at radius 2 is 1.45 bits per heavy atom. The summed E-state index contributed by atoms with van der Waals surface area (Å²) in [6.07, 6.45) is 0.359. The van der Waals surface area contributed by atoms with E-state index < -0.39 is 16.4 Å². The molecule has 0 aliphatic carbocycles. The average Bonchev–Trinajstić information content (AvgIpc) is 3.06. The van der Waals surface area contributed by atoms with Crippen molar-refractivity contribution < 1.29 is 14.0 Å². The fraction of sp³-hybridized carbons (Fsp3) is 0.480. The Kier molecular flexibility index (Phi) is 7.13. The van der Waals surface area contributed by atoms with Crippen molar-refractivity contribution in [2.75, 3.05) is 6.61 Å². The summed E-state index contributed by atoms with van der Waals surface area (Å²) in [5, 5.41) is 5.41. The number of alkyl carbamates (subject to hydrolysis) is 1. The highest BCUT2D eigenvalue weighted by atomic mass is 28.4. The number of hydrogen-bond acceptors (Lipinski definition) is 3. The zero-order valence-electron chi connectivity index (χ0n) is 19.8. The van der Waals surface area contributed by atoms with E-state index in [2.05, 4.69) is 94.3 Å². The molecule has 0 spiro atoms. The molecule has 1 amide bonds. The highest BCUT2D eigenvalue weighted by Crippen LogP contribution is 2.37. The molecular formula is C25H37NO3Si2. The number of amides is 1. The van der Waals surface area contributed by atoms with Crippen molar-refractivity contribution in [2.24, 2.45) is 0 Å². The van der Waals surface area contributed by atoms with Gasteiger partial charge in [-0.15, -0.1) is 0 Å². The van der Waals surface area contributed by atoms with Crippen LogP contribution in [0.15, 0.2) is 60.7 Å². The van der Waals surface area contributed by atoms with E-state index in [9.17, 15) is 4.79 Å². The van der Waals surface area contributed by atoms with Gasteiger partial charge in [0.15, 0.2) is 0 Å². The first kappa shape index (κ1) is 23.8. The Balaban J connectivity index is 1.93. The highest BCUT2D eigenvalue weighted by Gasteiger charge is 2.51. The van der Waals surface area contributed by atoms with Gasteiger partial charge in [0.05, 0.1) is 12.6 Å². The molecule has 2 aromatic rings. The number of carbonyl (C=O) groups is 1. The van der Waals surface area contributed by atoms with Gasteiger partial charge in [-0.2, -0.15) is 0 Å². The molecule has 2 atom stereocenters. The fourth-order valence-corrected chi connectivity index (χ4v) is 10.2. The van der Waals surface area contributed by atoms with Crippen molar-refractivity contribution in [3.05, 3.63) is 60.7 Å². The van der Waals surface area contributed by atoms with Crippen molar-refractivity contribution in [3.63, 3.8) is 0 Å². The molecular weight excluding hydrogens is 418 g/mol. The zero-order valence-corrected chi connectivity index (χ0v) is 21.8. The van der Waals surface area contributed by atoms with E-state index in [0.29, 0.717) is 6.61 Å². The van der Waals surface area contributed by atoms with Crippen LogP contribution < -0.4 is 15.7 Å². The molecule has 3 rings (SSSR count). The van der Waals surface area contributed by atoms with Gasteiger partial charge in [-0.3, -0.25) is 0 Å². The Morgan fingerprint density at radius 1 is 0.935 bits per heavy atom. The van der Waals surface area contributed by atoms with Gasteiger partial charge in [0, 0.05) is 8.07 Å². The normalized spacial score (nSPS) is 19.7. The minimum Gasteiger partial charge on any atom is -0.442 e. The van der Waals surface area contributed by atoms with Crippen LogP contribution >= 0.6 is 0 Å². The van der Waals surface area contributed by atoms with Crippen LogP contribution in [0.3, 0.4) is 0 Å². The zero-order chi connectivity index (χ0) is 22.7. The van der Waals surface area contributed by atoms with Crippen LogP contribution in [-0.4, -0.2) is 41.2 Å². The smallest absolute Gasteiger partial charge is 0.407 e. The summed E-state index contributed by atoms with van der Waals surface area (Å²) in [6.45, 7) is 14.3. The van der Waals surface area contributed by atoms with Crippen LogP contribution in [0.2, 0.25) is 30.7 Å². The SMILES string of the molecule is CC(C)(C)[Si](OC[C@H]1OC(=O)N[C@@H]1CC[Si](C)(C)C)(c1ccccc1)c1ccccc1. The van der Waals surface area contributed by atoms with Crippen LogP contribution in [-0.2, 0) is 9.16 Å².